The highest BCUT2D eigenvalue weighted by atomic mass is 19.4. The number of carbonyl (C=O) groups excluding carboxylic acids is 2. The fourth-order valence-corrected chi connectivity index (χ4v) is 3.19. The molecule has 0 aromatic heterocycles. The third-order valence-corrected chi connectivity index (χ3v) is 4.55. The van der Waals surface area contributed by atoms with Gasteiger partial charge in [0.1, 0.15) is 0 Å². The summed E-state index contributed by atoms with van der Waals surface area (Å²) in [6.45, 7) is 3.71. The topological polar surface area (TPSA) is 88.7 Å². The first kappa shape index (κ1) is 22.6. The predicted molar refractivity (Wildman–Crippen MR) is 99.7 cm³/mol. The summed E-state index contributed by atoms with van der Waals surface area (Å²) in [4.78, 5) is 24.2. The number of urea groups is 1. The van der Waals surface area contributed by atoms with Crippen molar-refractivity contribution in [2.75, 3.05) is 7.11 Å². The Kier molecular flexibility index (Phi) is 7.58. The number of hydrogen-bond acceptors (Lipinski definition) is 4. The number of alkyl halides is 3. The van der Waals surface area contributed by atoms with E-state index in [1.54, 1.807) is 6.07 Å². The lowest BCUT2D eigenvalue weighted by Crippen LogP contribution is -2.51. The summed E-state index contributed by atoms with van der Waals surface area (Å²) in [5, 5.41) is 2.47. The van der Waals surface area contributed by atoms with Gasteiger partial charge in [0.2, 0.25) is 0 Å². The molecule has 0 spiro atoms. The summed E-state index contributed by atoms with van der Waals surface area (Å²) in [5.41, 5.74) is 4.60. The number of halogens is 3. The summed E-state index contributed by atoms with van der Waals surface area (Å²) in [6, 6.07) is 3.18. The van der Waals surface area contributed by atoms with Crippen molar-refractivity contribution in [3.05, 3.63) is 23.8 Å². The summed E-state index contributed by atoms with van der Waals surface area (Å²) in [6.07, 6.45) is -3.60. The third-order valence-electron chi connectivity index (χ3n) is 4.55. The number of carbonyl (C=O) groups is 2. The number of hydrogen-bond donors (Lipinski definition) is 3. The van der Waals surface area contributed by atoms with E-state index in [9.17, 15) is 22.8 Å². The molecule has 3 N–H and O–H groups in total. The quantitative estimate of drug-likeness (QED) is 0.640. The van der Waals surface area contributed by atoms with Crippen LogP contribution in [0.3, 0.4) is 0 Å². The lowest BCUT2D eigenvalue weighted by Gasteiger charge is -2.30. The normalized spacial score (nSPS) is 19.4. The van der Waals surface area contributed by atoms with Gasteiger partial charge < -0.3 is 14.8 Å². The Hall–Kier alpha value is -2.65. The van der Waals surface area contributed by atoms with Crippen LogP contribution in [-0.4, -0.2) is 37.4 Å². The smallest absolute Gasteiger partial charge is 0.391 e. The van der Waals surface area contributed by atoms with Crippen LogP contribution in [0, 0.1) is 5.92 Å². The molecule has 1 aliphatic rings. The molecular formula is C19H26F3N3O4. The SMILES string of the molecule is COc1cc(C(=O)NNC(=O)NC2CCCC(C(F)(F)F)C2)ccc1OC(C)C. The summed E-state index contributed by atoms with van der Waals surface area (Å²) in [5.74, 6) is -1.20. The first-order chi connectivity index (χ1) is 13.6. The molecule has 7 nitrogen and oxygen atoms in total. The minimum absolute atomic E-state index is 0.0678. The number of amides is 3. The van der Waals surface area contributed by atoms with E-state index in [1.165, 1.54) is 19.2 Å². The van der Waals surface area contributed by atoms with Crippen LogP contribution >= 0.6 is 0 Å². The van der Waals surface area contributed by atoms with E-state index in [4.69, 9.17) is 9.47 Å². The summed E-state index contributed by atoms with van der Waals surface area (Å²) < 4.78 is 49.3. The van der Waals surface area contributed by atoms with Crippen molar-refractivity contribution in [3.63, 3.8) is 0 Å². The van der Waals surface area contributed by atoms with Crippen molar-refractivity contribution < 1.29 is 32.2 Å². The molecule has 0 heterocycles. The van der Waals surface area contributed by atoms with Crippen molar-refractivity contribution in [1.29, 1.82) is 0 Å². The fraction of sp³-hybridized carbons (Fsp3) is 0.579. The molecule has 0 aliphatic heterocycles. The average Bonchev–Trinajstić information content (AvgIpc) is 2.65. The standard InChI is InChI=1S/C19H26F3N3O4/c1-11(2)29-15-8-7-12(9-16(15)28-3)17(26)24-25-18(27)23-14-6-4-5-13(10-14)19(20,21)22/h7-9,11,13-14H,4-6,10H2,1-3H3,(H,24,26)(H2,23,25,27). The zero-order chi connectivity index (χ0) is 21.6. The molecule has 1 aromatic carbocycles. The van der Waals surface area contributed by atoms with Crippen LogP contribution < -0.4 is 25.6 Å². The highest BCUT2D eigenvalue weighted by Gasteiger charge is 2.42. The van der Waals surface area contributed by atoms with Crippen LogP contribution in [0.4, 0.5) is 18.0 Å². The molecule has 1 fully saturated rings. The Morgan fingerprint density at radius 1 is 1.14 bits per heavy atom. The van der Waals surface area contributed by atoms with Crippen molar-refractivity contribution >= 4 is 11.9 Å². The Balaban J connectivity index is 1.87. The van der Waals surface area contributed by atoms with Crippen LogP contribution in [0.1, 0.15) is 49.9 Å². The number of benzene rings is 1. The summed E-state index contributed by atoms with van der Waals surface area (Å²) >= 11 is 0. The van der Waals surface area contributed by atoms with Gasteiger partial charge in [0.25, 0.3) is 5.91 Å². The summed E-state index contributed by atoms with van der Waals surface area (Å²) in [7, 11) is 1.44. The maximum absolute atomic E-state index is 12.8. The molecule has 1 aliphatic carbocycles. The van der Waals surface area contributed by atoms with E-state index >= 15 is 0 Å². The fourth-order valence-electron chi connectivity index (χ4n) is 3.19. The van der Waals surface area contributed by atoms with Crippen LogP contribution in [0.25, 0.3) is 0 Å². The van der Waals surface area contributed by atoms with Gasteiger partial charge in [-0.3, -0.25) is 10.2 Å². The maximum atomic E-state index is 12.8. The Labute approximate surface area is 167 Å². The molecule has 0 radical (unpaired) electrons. The van der Waals surface area contributed by atoms with Gasteiger partial charge >= 0.3 is 12.2 Å². The molecule has 29 heavy (non-hydrogen) atoms. The number of rotatable bonds is 5. The molecule has 162 valence electrons. The van der Waals surface area contributed by atoms with Gasteiger partial charge in [-0.05, 0) is 51.3 Å². The third kappa shape index (κ3) is 6.72. The average molecular weight is 417 g/mol. The lowest BCUT2D eigenvalue weighted by molar-refractivity contribution is -0.183. The van der Waals surface area contributed by atoms with Crippen LogP contribution in [-0.2, 0) is 0 Å². The molecule has 10 heteroatoms. The second-order valence-electron chi connectivity index (χ2n) is 7.19. The molecule has 3 amide bonds. The number of methoxy groups -OCH3 is 1. The molecule has 2 unspecified atom stereocenters. The van der Waals surface area contributed by atoms with E-state index in [-0.39, 0.29) is 24.5 Å². The van der Waals surface area contributed by atoms with Gasteiger partial charge in [-0.25, -0.2) is 10.2 Å². The first-order valence-corrected chi connectivity index (χ1v) is 9.38. The van der Waals surface area contributed by atoms with Gasteiger partial charge in [0, 0.05) is 11.6 Å². The molecule has 1 saturated carbocycles. The molecule has 0 saturated heterocycles. The highest BCUT2D eigenvalue weighted by molar-refractivity contribution is 5.95. The van der Waals surface area contributed by atoms with E-state index in [2.05, 4.69) is 16.2 Å². The van der Waals surface area contributed by atoms with Crippen molar-refractivity contribution in [1.82, 2.24) is 16.2 Å². The Morgan fingerprint density at radius 3 is 2.48 bits per heavy atom. The Bertz CT molecular complexity index is 725. The first-order valence-electron chi connectivity index (χ1n) is 9.38. The van der Waals surface area contributed by atoms with Crippen molar-refractivity contribution in [2.45, 2.75) is 57.9 Å². The minimum Gasteiger partial charge on any atom is -0.493 e. The van der Waals surface area contributed by atoms with Gasteiger partial charge in [0.15, 0.2) is 11.5 Å². The van der Waals surface area contributed by atoms with Crippen molar-refractivity contribution in [3.8, 4) is 11.5 Å². The Morgan fingerprint density at radius 2 is 1.86 bits per heavy atom. The van der Waals surface area contributed by atoms with Gasteiger partial charge in [-0.15, -0.1) is 0 Å². The second-order valence-corrected chi connectivity index (χ2v) is 7.19. The molecule has 1 aromatic rings. The number of nitrogens with one attached hydrogen (secondary N) is 3. The minimum atomic E-state index is -4.27. The van der Waals surface area contributed by atoms with Gasteiger partial charge in [-0.1, -0.05) is 6.42 Å². The van der Waals surface area contributed by atoms with Gasteiger partial charge in [0.05, 0.1) is 19.1 Å². The molecule has 2 rings (SSSR count). The van der Waals surface area contributed by atoms with E-state index in [1.807, 2.05) is 13.8 Å². The van der Waals surface area contributed by atoms with Gasteiger partial charge in [-0.2, -0.15) is 13.2 Å². The number of hydrazine groups is 1. The van der Waals surface area contributed by atoms with E-state index in [0.29, 0.717) is 24.3 Å². The molecular weight excluding hydrogens is 391 g/mol. The lowest BCUT2D eigenvalue weighted by atomic mass is 9.85. The van der Waals surface area contributed by atoms with Crippen LogP contribution in [0.2, 0.25) is 0 Å². The van der Waals surface area contributed by atoms with Crippen LogP contribution in [0.15, 0.2) is 18.2 Å². The predicted octanol–water partition coefficient (Wildman–Crippen LogP) is 3.55. The molecule has 2 atom stereocenters. The highest BCUT2D eigenvalue weighted by Crippen LogP contribution is 2.37. The maximum Gasteiger partial charge on any atom is 0.391 e. The van der Waals surface area contributed by atoms with Crippen LogP contribution in [0.5, 0.6) is 11.5 Å². The largest absolute Gasteiger partial charge is 0.493 e. The van der Waals surface area contributed by atoms with Crippen molar-refractivity contribution in [2.24, 2.45) is 5.92 Å². The van der Waals surface area contributed by atoms with E-state index in [0.717, 1.165) is 0 Å². The zero-order valence-electron chi connectivity index (χ0n) is 16.6. The van der Waals surface area contributed by atoms with E-state index < -0.39 is 30.1 Å². The second kappa shape index (κ2) is 9.71. The number of ether oxygens (including phenoxy) is 2. The molecule has 0 bridgehead atoms. The zero-order valence-corrected chi connectivity index (χ0v) is 16.6. The monoisotopic (exact) mass is 417 g/mol.